The molecular weight excluding hydrogens is 314 g/mol. The molecular formula is C15H11N5O2S. The molecule has 0 amide bonds. The van der Waals surface area contributed by atoms with Crippen molar-refractivity contribution in [1.82, 2.24) is 14.6 Å². The minimum atomic E-state index is -1.10. The van der Waals surface area contributed by atoms with Crippen molar-refractivity contribution >= 4 is 34.9 Å². The van der Waals surface area contributed by atoms with Gasteiger partial charge in [-0.25, -0.2) is 9.78 Å². The van der Waals surface area contributed by atoms with E-state index in [1.807, 2.05) is 0 Å². The van der Waals surface area contributed by atoms with Crippen LogP contribution in [0.1, 0.15) is 15.9 Å². The minimum Gasteiger partial charge on any atom is -0.477 e. The summed E-state index contributed by atoms with van der Waals surface area (Å²) < 4.78 is 1.43. The Morgan fingerprint density at radius 1 is 1.43 bits per heavy atom. The van der Waals surface area contributed by atoms with Crippen molar-refractivity contribution in [3.8, 4) is 6.07 Å². The van der Waals surface area contributed by atoms with Gasteiger partial charge in [-0.3, -0.25) is 0 Å². The highest BCUT2D eigenvalue weighted by molar-refractivity contribution is 7.98. The summed E-state index contributed by atoms with van der Waals surface area (Å²) in [5, 5.41) is 26.1. The molecule has 114 valence electrons. The Morgan fingerprint density at radius 3 is 2.96 bits per heavy atom. The lowest BCUT2D eigenvalue weighted by Gasteiger charge is -2.14. The number of nitrogens with one attached hydrogen (secondary N) is 1. The van der Waals surface area contributed by atoms with Crippen LogP contribution in [-0.4, -0.2) is 31.9 Å². The van der Waals surface area contributed by atoms with Crippen molar-refractivity contribution < 1.29 is 9.90 Å². The Kier molecular flexibility index (Phi) is 3.87. The molecule has 23 heavy (non-hydrogen) atoms. The summed E-state index contributed by atoms with van der Waals surface area (Å²) in [4.78, 5) is 16.0. The van der Waals surface area contributed by atoms with Gasteiger partial charge in [-0.15, -0.1) is 11.8 Å². The first kappa shape index (κ1) is 14.9. The molecule has 0 fully saturated rings. The first-order valence-electron chi connectivity index (χ1n) is 6.56. The summed E-state index contributed by atoms with van der Waals surface area (Å²) in [6, 6.07) is 10.5. The summed E-state index contributed by atoms with van der Waals surface area (Å²) in [6.07, 6.45) is 3.32. The monoisotopic (exact) mass is 325 g/mol. The normalized spacial score (nSPS) is 10.4. The van der Waals surface area contributed by atoms with Gasteiger partial charge < -0.3 is 10.4 Å². The van der Waals surface area contributed by atoms with Gasteiger partial charge in [0.05, 0.1) is 17.8 Å². The van der Waals surface area contributed by atoms with Crippen LogP contribution >= 0.6 is 11.8 Å². The molecule has 2 N–H and O–H groups in total. The molecule has 0 atom stereocenters. The molecule has 8 heteroatoms. The molecule has 0 bridgehead atoms. The Labute approximate surface area is 135 Å². The first-order chi connectivity index (χ1) is 11.1. The lowest BCUT2D eigenvalue weighted by atomic mass is 10.2. The average molecular weight is 325 g/mol. The second-order valence-electron chi connectivity index (χ2n) is 4.57. The van der Waals surface area contributed by atoms with E-state index < -0.39 is 5.97 Å². The maximum atomic E-state index is 11.7. The first-order valence-corrected chi connectivity index (χ1v) is 7.78. The summed E-state index contributed by atoms with van der Waals surface area (Å²) in [5.74, 6) is -0.801. The number of fused-ring (bicyclic) bond motifs is 1. The molecule has 2 heterocycles. The fourth-order valence-corrected chi connectivity index (χ4v) is 2.75. The molecule has 7 nitrogen and oxygen atoms in total. The van der Waals surface area contributed by atoms with E-state index >= 15 is 0 Å². The van der Waals surface area contributed by atoms with Gasteiger partial charge in [0.25, 0.3) is 0 Å². The van der Waals surface area contributed by atoms with E-state index in [0.717, 1.165) is 0 Å². The van der Waals surface area contributed by atoms with E-state index in [1.54, 1.807) is 42.8 Å². The number of benzene rings is 1. The second-order valence-corrected chi connectivity index (χ2v) is 5.36. The highest BCUT2D eigenvalue weighted by atomic mass is 32.2. The van der Waals surface area contributed by atoms with Gasteiger partial charge in [-0.05, 0) is 24.5 Å². The van der Waals surface area contributed by atoms with E-state index in [0.29, 0.717) is 27.7 Å². The highest BCUT2D eigenvalue weighted by Gasteiger charge is 2.21. The lowest BCUT2D eigenvalue weighted by molar-refractivity contribution is 0.0693. The van der Waals surface area contributed by atoms with Crippen LogP contribution in [0.4, 0.5) is 11.5 Å². The number of hydrogen-bond donors (Lipinski definition) is 2. The number of anilines is 2. The van der Waals surface area contributed by atoms with Crippen molar-refractivity contribution in [2.75, 3.05) is 11.6 Å². The van der Waals surface area contributed by atoms with E-state index in [4.69, 9.17) is 5.26 Å². The fourth-order valence-electron chi connectivity index (χ4n) is 2.18. The standard InChI is InChI=1S/C15H11N5O2S/c1-23-14-12(15(21)22)13(20-11(19-14)5-6-17-20)18-10-4-2-3-9(7-10)8-16/h2-7,18H,1H3,(H,21,22). The molecule has 0 unspecified atom stereocenters. The molecule has 0 aliphatic carbocycles. The van der Waals surface area contributed by atoms with Gasteiger partial charge in [0, 0.05) is 11.8 Å². The Balaban J connectivity index is 2.21. The number of thioether (sulfide) groups is 1. The van der Waals surface area contributed by atoms with E-state index in [-0.39, 0.29) is 5.56 Å². The van der Waals surface area contributed by atoms with E-state index in [1.165, 1.54) is 16.3 Å². The molecule has 0 aliphatic heterocycles. The van der Waals surface area contributed by atoms with Gasteiger partial charge in [0.15, 0.2) is 11.5 Å². The number of hydrogen-bond acceptors (Lipinski definition) is 6. The van der Waals surface area contributed by atoms with Crippen molar-refractivity contribution in [1.29, 1.82) is 5.26 Å². The van der Waals surface area contributed by atoms with Crippen molar-refractivity contribution in [2.45, 2.75) is 5.03 Å². The summed E-state index contributed by atoms with van der Waals surface area (Å²) in [7, 11) is 0. The maximum absolute atomic E-state index is 11.7. The van der Waals surface area contributed by atoms with Crippen LogP contribution in [0.2, 0.25) is 0 Å². The van der Waals surface area contributed by atoms with Crippen molar-refractivity contribution in [3.63, 3.8) is 0 Å². The van der Waals surface area contributed by atoms with Gasteiger partial charge in [0.2, 0.25) is 0 Å². The third-order valence-corrected chi connectivity index (χ3v) is 3.85. The Bertz CT molecular complexity index is 945. The SMILES string of the molecule is CSc1nc2ccnn2c(Nc2cccc(C#N)c2)c1C(=O)O. The Morgan fingerprint density at radius 2 is 2.26 bits per heavy atom. The largest absolute Gasteiger partial charge is 0.477 e. The fraction of sp³-hybridized carbons (Fsp3) is 0.0667. The van der Waals surface area contributed by atoms with Crippen LogP contribution in [0.25, 0.3) is 5.65 Å². The number of carboxylic acid groups (broad SMARTS) is 1. The smallest absolute Gasteiger partial charge is 0.342 e. The molecule has 2 aromatic heterocycles. The zero-order chi connectivity index (χ0) is 16.4. The summed E-state index contributed by atoms with van der Waals surface area (Å²) in [6.45, 7) is 0. The number of nitrogens with zero attached hydrogens (tertiary/aromatic N) is 4. The molecule has 3 rings (SSSR count). The van der Waals surface area contributed by atoms with Crippen LogP contribution < -0.4 is 5.32 Å². The maximum Gasteiger partial charge on any atom is 0.342 e. The topological polar surface area (TPSA) is 103 Å². The predicted molar refractivity (Wildman–Crippen MR) is 86.2 cm³/mol. The summed E-state index contributed by atoms with van der Waals surface area (Å²) >= 11 is 1.25. The highest BCUT2D eigenvalue weighted by Crippen LogP contribution is 2.29. The Hall–Kier alpha value is -3.05. The zero-order valence-corrected chi connectivity index (χ0v) is 12.8. The predicted octanol–water partition coefficient (Wildman–Crippen LogP) is 2.76. The van der Waals surface area contributed by atoms with E-state index in [9.17, 15) is 9.90 Å². The summed E-state index contributed by atoms with van der Waals surface area (Å²) in [5.41, 5.74) is 1.65. The third kappa shape index (κ3) is 2.69. The number of carbonyl (C=O) groups is 1. The quantitative estimate of drug-likeness (QED) is 0.561. The third-order valence-electron chi connectivity index (χ3n) is 3.16. The molecule has 1 aromatic carbocycles. The lowest BCUT2D eigenvalue weighted by Crippen LogP contribution is -2.12. The molecule has 3 aromatic rings. The number of aromatic carboxylic acids is 1. The van der Waals surface area contributed by atoms with E-state index in [2.05, 4.69) is 21.5 Å². The van der Waals surface area contributed by atoms with Crippen LogP contribution in [0.5, 0.6) is 0 Å². The van der Waals surface area contributed by atoms with Gasteiger partial charge in [-0.2, -0.15) is 14.9 Å². The number of aromatic nitrogens is 3. The molecule has 0 spiro atoms. The van der Waals surface area contributed by atoms with Crippen molar-refractivity contribution in [2.24, 2.45) is 0 Å². The van der Waals surface area contributed by atoms with Crippen LogP contribution in [0.3, 0.4) is 0 Å². The average Bonchev–Trinajstić information content (AvgIpc) is 3.02. The van der Waals surface area contributed by atoms with Crippen LogP contribution in [0, 0.1) is 11.3 Å². The molecule has 0 saturated carbocycles. The van der Waals surface area contributed by atoms with Crippen molar-refractivity contribution in [3.05, 3.63) is 47.7 Å². The number of nitriles is 1. The van der Waals surface area contributed by atoms with Crippen LogP contribution in [0.15, 0.2) is 41.6 Å². The number of rotatable bonds is 4. The van der Waals surface area contributed by atoms with Gasteiger partial charge >= 0.3 is 5.97 Å². The van der Waals surface area contributed by atoms with Crippen LogP contribution in [-0.2, 0) is 0 Å². The number of carboxylic acids is 1. The molecule has 0 saturated heterocycles. The minimum absolute atomic E-state index is 0.0380. The van der Waals surface area contributed by atoms with Gasteiger partial charge in [0.1, 0.15) is 10.6 Å². The van der Waals surface area contributed by atoms with Gasteiger partial charge in [-0.1, -0.05) is 6.07 Å². The molecule has 0 radical (unpaired) electrons. The molecule has 0 aliphatic rings. The zero-order valence-electron chi connectivity index (χ0n) is 12.0. The second kappa shape index (κ2) is 5.98.